The van der Waals surface area contributed by atoms with Gasteiger partial charge in [-0.3, -0.25) is 4.79 Å². The van der Waals surface area contributed by atoms with Crippen molar-refractivity contribution >= 4 is 5.97 Å². The Balaban J connectivity index is 1.59. The summed E-state index contributed by atoms with van der Waals surface area (Å²) in [5, 5.41) is 3.49. The number of rotatable bonds is 1. The average Bonchev–Trinajstić information content (AvgIpc) is 2.22. The lowest BCUT2D eigenvalue weighted by atomic mass is 9.63. The first-order chi connectivity index (χ1) is 7.91. The molecule has 4 unspecified atom stereocenters. The third-order valence-electron chi connectivity index (χ3n) is 4.24. The summed E-state index contributed by atoms with van der Waals surface area (Å²) in [5.74, 6) is -0.000534. The monoisotopic (exact) mass is 239 g/mol. The van der Waals surface area contributed by atoms with Crippen LogP contribution in [0.2, 0.25) is 0 Å². The smallest absolute Gasteiger partial charge is 0.309 e. The molecule has 2 saturated heterocycles. The van der Waals surface area contributed by atoms with Gasteiger partial charge in [0.1, 0.15) is 11.2 Å². The van der Waals surface area contributed by atoms with E-state index >= 15 is 0 Å². The lowest BCUT2D eigenvalue weighted by Gasteiger charge is -2.66. The van der Waals surface area contributed by atoms with Gasteiger partial charge in [0, 0.05) is 6.04 Å². The maximum atomic E-state index is 12.0. The molecule has 4 atom stereocenters. The van der Waals surface area contributed by atoms with Crippen LogP contribution in [0.1, 0.15) is 40.0 Å². The van der Waals surface area contributed by atoms with Gasteiger partial charge in [-0.15, -0.1) is 0 Å². The Morgan fingerprint density at radius 3 is 2.65 bits per heavy atom. The van der Waals surface area contributed by atoms with Crippen molar-refractivity contribution in [2.75, 3.05) is 6.61 Å². The van der Waals surface area contributed by atoms with Crippen molar-refractivity contribution < 1.29 is 14.3 Å². The second-order valence-corrected chi connectivity index (χ2v) is 6.54. The quantitative estimate of drug-likeness (QED) is 0.699. The van der Waals surface area contributed by atoms with E-state index in [0.29, 0.717) is 12.1 Å². The standard InChI is InChI=1S/C13H21NO3/c1-12(2,3)17-11(15)8-4-5-13-9(6-8)14-10(13)7-16-13/h8-10,14H,4-7H2,1-3H3. The number of carbonyl (C=O) groups is 1. The zero-order chi connectivity index (χ0) is 12.3. The predicted molar refractivity (Wildman–Crippen MR) is 62.6 cm³/mol. The molecule has 1 aliphatic carbocycles. The normalized spacial score (nSPS) is 43.8. The highest BCUT2D eigenvalue weighted by molar-refractivity contribution is 5.73. The molecule has 1 spiro atoms. The van der Waals surface area contributed by atoms with Crippen LogP contribution in [-0.2, 0) is 14.3 Å². The highest BCUT2D eigenvalue weighted by atomic mass is 16.6. The predicted octanol–water partition coefficient (Wildman–Crippen LogP) is 1.24. The molecule has 0 aromatic rings. The third-order valence-corrected chi connectivity index (χ3v) is 4.24. The van der Waals surface area contributed by atoms with Crippen molar-refractivity contribution in [3.8, 4) is 0 Å². The number of carbonyl (C=O) groups excluding carboxylic acids is 1. The summed E-state index contributed by atoms with van der Waals surface area (Å²) in [6, 6.07) is 0.916. The minimum Gasteiger partial charge on any atom is -0.460 e. The lowest BCUT2D eigenvalue weighted by Crippen LogP contribution is -2.85. The van der Waals surface area contributed by atoms with Crippen LogP contribution >= 0.6 is 0 Å². The first-order valence-electron chi connectivity index (χ1n) is 6.54. The van der Waals surface area contributed by atoms with Crippen LogP contribution in [0, 0.1) is 5.92 Å². The van der Waals surface area contributed by atoms with Crippen molar-refractivity contribution in [3.05, 3.63) is 0 Å². The van der Waals surface area contributed by atoms with Gasteiger partial charge in [-0.25, -0.2) is 0 Å². The summed E-state index contributed by atoms with van der Waals surface area (Å²) in [4.78, 5) is 12.0. The van der Waals surface area contributed by atoms with Crippen LogP contribution in [0.4, 0.5) is 0 Å². The van der Waals surface area contributed by atoms with Crippen molar-refractivity contribution in [1.82, 2.24) is 5.32 Å². The summed E-state index contributed by atoms with van der Waals surface area (Å²) in [7, 11) is 0. The number of hydrogen-bond acceptors (Lipinski definition) is 4. The Morgan fingerprint density at radius 1 is 1.41 bits per heavy atom. The molecule has 4 heteroatoms. The van der Waals surface area contributed by atoms with Gasteiger partial charge < -0.3 is 14.8 Å². The van der Waals surface area contributed by atoms with Crippen LogP contribution in [0.3, 0.4) is 0 Å². The molecule has 1 N–H and O–H groups in total. The molecule has 0 radical (unpaired) electrons. The van der Waals surface area contributed by atoms with E-state index < -0.39 is 0 Å². The molecule has 0 bridgehead atoms. The topological polar surface area (TPSA) is 47.6 Å². The second-order valence-electron chi connectivity index (χ2n) is 6.54. The highest BCUT2D eigenvalue weighted by Crippen LogP contribution is 2.49. The van der Waals surface area contributed by atoms with Crippen LogP contribution in [0.15, 0.2) is 0 Å². The molecule has 3 rings (SSSR count). The molecular weight excluding hydrogens is 218 g/mol. The molecule has 0 aromatic heterocycles. The Labute approximate surface area is 102 Å². The van der Waals surface area contributed by atoms with E-state index in [1.807, 2.05) is 20.8 Å². The number of hydrogen-bond donors (Lipinski definition) is 1. The Kier molecular flexibility index (Phi) is 2.33. The van der Waals surface area contributed by atoms with Gasteiger partial charge in [-0.1, -0.05) is 0 Å². The molecule has 3 fully saturated rings. The zero-order valence-corrected chi connectivity index (χ0v) is 10.8. The van der Waals surface area contributed by atoms with Gasteiger partial charge in [-0.2, -0.15) is 0 Å². The van der Waals surface area contributed by atoms with Crippen LogP contribution < -0.4 is 5.32 Å². The Bertz CT molecular complexity index is 349. The van der Waals surface area contributed by atoms with Gasteiger partial charge in [0.05, 0.1) is 18.6 Å². The maximum Gasteiger partial charge on any atom is 0.309 e. The highest BCUT2D eigenvalue weighted by Gasteiger charge is 2.64. The summed E-state index contributed by atoms with van der Waals surface area (Å²) in [6.07, 6.45) is 2.77. The summed E-state index contributed by atoms with van der Waals surface area (Å²) >= 11 is 0. The molecule has 17 heavy (non-hydrogen) atoms. The van der Waals surface area contributed by atoms with Crippen molar-refractivity contribution in [3.63, 3.8) is 0 Å². The van der Waals surface area contributed by atoms with E-state index in [4.69, 9.17) is 9.47 Å². The van der Waals surface area contributed by atoms with E-state index in [2.05, 4.69) is 5.32 Å². The molecule has 0 amide bonds. The summed E-state index contributed by atoms with van der Waals surface area (Å²) in [6.45, 7) is 6.60. The molecular formula is C13H21NO3. The molecule has 1 saturated carbocycles. The lowest BCUT2D eigenvalue weighted by molar-refractivity contribution is -0.273. The van der Waals surface area contributed by atoms with Gasteiger partial charge in [-0.05, 0) is 40.0 Å². The molecule has 96 valence electrons. The van der Waals surface area contributed by atoms with Crippen molar-refractivity contribution in [1.29, 1.82) is 0 Å². The number of esters is 1. The van der Waals surface area contributed by atoms with Gasteiger partial charge in [0.15, 0.2) is 0 Å². The number of morpholine rings is 1. The first kappa shape index (κ1) is 11.5. The van der Waals surface area contributed by atoms with Gasteiger partial charge >= 0.3 is 5.97 Å². The van der Waals surface area contributed by atoms with Crippen molar-refractivity contribution in [2.24, 2.45) is 5.92 Å². The van der Waals surface area contributed by atoms with Crippen LogP contribution in [-0.4, -0.2) is 35.9 Å². The van der Waals surface area contributed by atoms with E-state index in [0.717, 1.165) is 25.9 Å². The molecule has 4 nitrogen and oxygen atoms in total. The average molecular weight is 239 g/mol. The van der Waals surface area contributed by atoms with Gasteiger partial charge in [0.25, 0.3) is 0 Å². The minimum atomic E-state index is -0.380. The molecule has 0 aromatic carbocycles. The summed E-state index contributed by atoms with van der Waals surface area (Å²) < 4.78 is 11.2. The fraction of sp³-hybridized carbons (Fsp3) is 0.923. The number of nitrogens with one attached hydrogen (secondary N) is 1. The third kappa shape index (κ3) is 1.69. The summed E-state index contributed by atoms with van der Waals surface area (Å²) in [5.41, 5.74) is -0.298. The SMILES string of the molecule is CC(C)(C)OC(=O)C1CCC23OCC2NC3C1. The second kappa shape index (κ2) is 3.45. The molecule has 2 aliphatic heterocycles. The van der Waals surface area contributed by atoms with Gasteiger partial charge in [0.2, 0.25) is 0 Å². The van der Waals surface area contributed by atoms with E-state index in [1.54, 1.807) is 0 Å². The first-order valence-corrected chi connectivity index (χ1v) is 6.54. The molecule has 2 heterocycles. The van der Waals surface area contributed by atoms with E-state index in [9.17, 15) is 4.79 Å². The fourth-order valence-electron chi connectivity index (χ4n) is 3.29. The zero-order valence-electron chi connectivity index (χ0n) is 10.8. The van der Waals surface area contributed by atoms with Crippen LogP contribution in [0.25, 0.3) is 0 Å². The fourth-order valence-corrected chi connectivity index (χ4v) is 3.29. The van der Waals surface area contributed by atoms with E-state index in [1.165, 1.54) is 0 Å². The minimum absolute atomic E-state index is 0.0440. The largest absolute Gasteiger partial charge is 0.460 e. The van der Waals surface area contributed by atoms with Crippen molar-refractivity contribution in [2.45, 2.75) is 63.3 Å². The molecule has 3 aliphatic rings. The number of ether oxygens (including phenoxy) is 2. The maximum absolute atomic E-state index is 12.0. The Hall–Kier alpha value is -0.610. The Morgan fingerprint density at radius 2 is 2.18 bits per heavy atom. The van der Waals surface area contributed by atoms with Crippen LogP contribution in [0.5, 0.6) is 0 Å². The van der Waals surface area contributed by atoms with E-state index in [-0.39, 0.29) is 23.1 Å².